The van der Waals surface area contributed by atoms with Crippen molar-refractivity contribution in [2.75, 3.05) is 0 Å². The number of nitrogens with one attached hydrogen (secondary N) is 2. The normalized spacial score (nSPS) is 14.4. The summed E-state index contributed by atoms with van der Waals surface area (Å²) in [7, 11) is 0. The zero-order valence-corrected chi connectivity index (χ0v) is 38.5. The van der Waals surface area contributed by atoms with E-state index in [2.05, 4.69) is 9.97 Å². The van der Waals surface area contributed by atoms with Gasteiger partial charge in [-0.3, -0.25) is 0 Å². The molecular formula is C52H22F24N4. The topological polar surface area (TPSA) is 57.4 Å². The summed E-state index contributed by atoms with van der Waals surface area (Å²) in [6, 6.07) is 13.3. The second-order valence-electron chi connectivity index (χ2n) is 17.3. The molecule has 28 heteroatoms. The molecule has 0 amide bonds. The van der Waals surface area contributed by atoms with E-state index < -0.39 is 183 Å². The maximum Gasteiger partial charge on any atom is 0.419 e. The van der Waals surface area contributed by atoms with Gasteiger partial charge in [0.05, 0.1) is 89.4 Å². The fraction of sp³-hybridized carbons (Fsp3) is 0.154. The molecule has 0 saturated heterocycles. The van der Waals surface area contributed by atoms with Gasteiger partial charge in [-0.05, 0) is 22.3 Å². The van der Waals surface area contributed by atoms with Gasteiger partial charge in [0.2, 0.25) is 0 Å². The summed E-state index contributed by atoms with van der Waals surface area (Å²) in [5.74, 6) is 0. The van der Waals surface area contributed by atoms with Gasteiger partial charge in [0.1, 0.15) is 0 Å². The molecule has 7 aromatic rings. The summed E-state index contributed by atoms with van der Waals surface area (Å²) in [6.45, 7) is 0. The van der Waals surface area contributed by atoms with Gasteiger partial charge in [-0.2, -0.15) is 105 Å². The molecule has 2 aliphatic heterocycles. The monoisotopic (exact) mass is 1160 g/mol. The Bertz CT molecular complexity index is 3620. The van der Waals surface area contributed by atoms with Crippen LogP contribution in [-0.4, -0.2) is 44.6 Å². The van der Waals surface area contributed by atoms with Crippen LogP contribution in [0.25, 0.3) is 88.9 Å². The molecule has 8 bridgehead atoms. The van der Waals surface area contributed by atoms with E-state index in [1.54, 1.807) is 0 Å². The van der Waals surface area contributed by atoms with Crippen LogP contribution < -0.4 is 0 Å². The number of hydrogen-bond donors (Lipinski definition) is 2. The van der Waals surface area contributed by atoms with Crippen LogP contribution in [0.2, 0.25) is 0 Å². The van der Waals surface area contributed by atoms with Gasteiger partial charge in [0, 0.05) is 22.3 Å². The number of aromatic nitrogens is 4. The summed E-state index contributed by atoms with van der Waals surface area (Å²) in [5, 5.41) is 0. The van der Waals surface area contributed by atoms with Crippen LogP contribution in [0.15, 0.2) is 121 Å². The quantitative estimate of drug-likeness (QED) is 0.173. The standard InChI is InChI=1S/C52H22F24N4/c53-45(54,55)29-31(47(59,60)61)39-26(22-15-7-2-8-16-22)41-33(49(65,66)67)35(51(71,72)73)43(79-41)28(24-19-11-4-12-20-24)44-36(52(74,75)76)34(50(68,69)70)42(80-44)27(23-17-9-3-10-18-23)40-32(48(62,63)64)30(46(56,57)58)38(78-40)25(37(29)77-39)21-13-5-1-6-14-21/h1-20,77-78H. The summed E-state index contributed by atoms with van der Waals surface area (Å²) in [4.78, 5) is 9.64. The summed E-state index contributed by atoms with van der Waals surface area (Å²) in [6.07, 6.45) is -53.6. The lowest BCUT2D eigenvalue weighted by Crippen LogP contribution is -2.20. The molecule has 9 rings (SSSR count). The van der Waals surface area contributed by atoms with E-state index in [4.69, 9.17) is 0 Å². The highest BCUT2D eigenvalue weighted by molar-refractivity contribution is 6.11. The SMILES string of the molecule is FC(F)(F)C1=C(C(F)(F)F)c2nc1c(-c1ccccc1)c1nc(c(-c3ccccc3)c3[nH]c(c(C(F)(F)F)c3C(F)(F)F)c(-c3ccccc3)c3[nH]c(c2-c2ccccc2)c(C(F)(F)F)c3C(F)(F)F)C(C(F)(F)F)=C1C(F)(F)F. The van der Waals surface area contributed by atoms with Crippen LogP contribution in [0.5, 0.6) is 0 Å². The lowest BCUT2D eigenvalue weighted by Gasteiger charge is -2.19. The largest absolute Gasteiger partial charge is 0.419 e. The van der Waals surface area contributed by atoms with Gasteiger partial charge in [-0.15, -0.1) is 0 Å². The number of hydrogen-bond acceptors (Lipinski definition) is 2. The first-order valence-electron chi connectivity index (χ1n) is 22.1. The van der Waals surface area contributed by atoms with E-state index in [1.165, 1.54) is 9.97 Å². The molecule has 2 aliphatic rings. The third kappa shape index (κ3) is 9.78. The minimum absolute atomic E-state index is 0.449. The number of rotatable bonds is 4. The number of aromatic amines is 2. The van der Waals surface area contributed by atoms with E-state index in [1.807, 2.05) is 0 Å². The number of fused-ring (bicyclic) bond motifs is 8. The average Bonchev–Trinajstić information content (AvgIpc) is 4.13. The van der Waals surface area contributed by atoms with Gasteiger partial charge in [0.25, 0.3) is 0 Å². The van der Waals surface area contributed by atoms with E-state index in [-0.39, 0.29) is 0 Å². The first kappa shape index (κ1) is 56.5. The van der Waals surface area contributed by atoms with E-state index in [0.29, 0.717) is 48.5 Å². The number of alkyl halides is 24. The van der Waals surface area contributed by atoms with E-state index >= 15 is 105 Å². The minimum atomic E-state index is -6.71. The van der Waals surface area contributed by atoms with Crippen LogP contribution in [0.4, 0.5) is 105 Å². The van der Waals surface area contributed by atoms with Crippen molar-refractivity contribution in [3.63, 3.8) is 0 Å². The minimum Gasteiger partial charge on any atom is -0.353 e. The van der Waals surface area contributed by atoms with Gasteiger partial charge >= 0.3 is 49.4 Å². The van der Waals surface area contributed by atoms with Crippen molar-refractivity contribution >= 4 is 44.4 Å². The molecule has 418 valence electrons. The molecular weight excluding hydrogens is 1140 g/mol. The fourth-order valence-corrected chi connectivity index (χ4v) is 9.65. The molecule has 4 aromatic carbocycles. The predicted molar refractivity (Wildman–Crippen MR) is 241 cm³/mol. The Labute approximate surface area is 429 Å². The van der Waals surface area contributed by atoms with E-state index in [9.17, 15) is 0 Å². The van der Waals surface area contributed by atoms with Crippen molar-refractivity contribution in [2.45, 2.75) is 49.4 Å². The lowest BCUT2D eigenvalue weighted by atomic mass is 9.90. The van der Waals surface area contributed by atoms with Gasteiger partial charge in [-0.25, -0.2) is 9.97 Å². The van der Waals surface area contributed by atoms with Crippen LogP contribution in [-0.2, 0) is 24.7 Å². The summed E-state index contributed by atoms with van der Waals surface area (Å²) in [5.41, 5.74) is -59.7. The molecule has 5 heterocycles. The molecule has 3 aromatic heterocycles. The van der Waals surface area contributed by atoms with Crippen molar-refractivity contribution in [3.05, 3.63) is 166 Å². The average molecular weight is 1160 g/mol. The van der Waals surface area contributed by atoms with Gasteiger partial charge < -0.3 is 9.97 Å². The Balaban J connectivity index is 1.88. The third-order valence-electron chi connectivity index (χ3n) is 12.4. The molecule has 2 N–H and O–H groups in total. The highest BCUT2D eigenvalue weighted by Crippen LogP contribution is 2.60. The smallest absolute Gasteiger partial charge is 0.353 e. The number of benzene rings is 4. The molecule has 4 nitrogen and oxygen atoms in total. The van der Waals surface area contributed by atoms with Crippen LogP contribution in [0.3, 0.4) is 0 Å². The maximum atomic E-state index is 16.0. The van der Waals surface area contributed by atoms with Crippen LogP contribution in [0.1, 0.15) is 45.0 Å². The summed E-state index contributed by atoms with van der Waals surface area (Å²) >= 11 is 0. The predicted octanol–water partition coefficient (Wildman–Crippen LogP) is 19.1. The molecule has 0 atom stereocenters. The fourth-order valence-electron chi connectivity index (χ4n) is 9.65. The number of halogens is 24. The molecule has 0 saturated carbocycles. The Kier molecular flexibility index (Phi) is 13.2. The van der Waals surface area contributed by atoms with Crippen LogP contribution >= 0.6 is 0 Å². The molecule has 0 aliphatic carbocycles. The lowest BCUT2D eigenvalue weighted by molar-refractivity contribution is -0.159. The molecule has 0 spiro atoms. The highest BCUT2D eigenvalue weighted by atomic mass is 19.4. The van der Waals surface area contributed by atoms with Crippen molar-refractivity contribution in [2.24, 2.45) is 0 Å². The second kappa shape index (κ2) is 18.7. The molecule has 80 heavy (non-hydrogen) atoms. The third-order valence-corrected chi connectivity index (χ3v) is 12.4. The van der Waals surface area contributed by atoms with Crippen LogP contribution in [0, 0.1) is 0 Å². The van der Waals surface area contributed by atoms with Gasteiger partial charge in [-0.1, -0.05) is 121 Å². The molecule has 0 fully saturated rings. The Hall–Kier alpha value is -8.20. The maximum absolute atomic E-state index is 16.0. The van der Waals surface area contributed by atoms with Crippen molar-refractivity contribution in [1.29, 1.82) is 0 Å². The Morgan fingerprint density at radius 3 is 0.625 bits per heavy atom. The van der Waals surface area contributed by atoms with Gasteiger partial charge in [0.15, 0.2) is 0 Å². The number of allylic oxidation sites excluding steroid dienone is 4. The van der Waals surface area contributed by atoms with E-state index in [0.717, 1.165) is 72.8 Å². The van der Waals surface area contributed by atoms with Crippen molar-refractivity contribution in [1.82, 2.24) is 19.9 Å². The molecule has 0 unspecified atom stereocenters. The van der Waals surface area contributed by atoms with Crippen molar-refractivity contribution < 1.29 is 105 Å². The summed E-state index contributed by atoms with van der Waals surface area (Å²) < 4.78 is 383. The zero-order chi connectivity index (χ0) is 58.8. The second-order valence-corrected chi connectivity index (χ2v) is 17.3. The number of H-pyrrole nitrogens is 2. The molecule has 0 radical (unpaired) electrons. The Morgan fingerprint density at radius 2 is 0.412 bits per heavy atom. The zero-order valence-electron chi connectivity index (χ0n) is 38.5. The Morgan fingerprint density at radius 1 is 0.225 bits per heavy atom. The first-order chi connectivity index (χ1) is 36.8. The first-order valence-corrected chi connectivity index (χ1v) is 22.1. The van der Waals surface area contributed by atoms with Crippen molar-refractivity contribution in [3.8, 4) is 44.5 Å². The highest BCUT2D eigenvalue weighted by Gasteiger charge is 2.57. The number of nitrogens with zero attached hydrogens (tertiary/aromatic N) is 2.